The molecular weight excluding hydrogens is 164 g/mol. The number of hydrogen-bond acceptors (Lipinski definition) is 1. The fraction of sp³-hybridized carbons (Fsp3) is 0.636. The summed E-state index contributed by atoms with van der Waals surface area (Å²) in [6.07, 6.45) is 4.12. The van der Waals surface area contributed by atoms with Crippen molar-refractivity contribution in [3.8, 4) is 0 Å². The smallest absolute Gasteiger partial charge is 0.0111 e. The Morgan fingerprint density at radius 3 is 2.75 bits per heavy atom. The van der Waals surface area contributed by atoms with E-state index in [0.717, 1.165) is 5.92 Å². The van der Waals surface area contributed by atoms with E-state index in [4.69, 9.17) is 0 Å². The predicted molar refractivity (Wildman–Crippen MR) is 55.1 cm³/mol. The summed E-state index contributed by atoms with van der Waals surface area (Å²) >= 11 is 2.02. The van der Waals surface area contributed by atoms with Crippen LogP contribution < -0.4 is 0 Å². The van der Waals surface area contributed by atoms with E-state index in [0.29, 0.717) is 0 Å². The topological polar surface area (TPSA) is 0 Å². The second kappa shape index (κ2) is 2.88. The molecule has 1 aliphatic rings. The Morgan fingerprint density at radius 2 is 2.08 bits per heavy atom. The van der Waals surface area contributed by atoms with E-state index in [1.165, 1.54) is 24.1 Å². The van der Waals surface area contributed by atoms with Crippen LogP contribution in [0.4, 0.5) is 0 Å². The van der Waals surface area contributed by atoms with Crippen molar-refractivity contribution in [2.45, 2.75) is 46.0 Å². The van der Waals surface area contributed by atoms with Crippen molar-refractivity contribution in [3.05, 3.63) is 20.9 Å². The first-order chi connectivity index (χ1) is 5.70. The second-order valence-electron chi connectivity index (χ2n) is 3.92. The van der Waals surface area contributed by atoms with Crippen molar-refractivity contribution < 1.29 is 0 Å². The fourth-order valence-electron chi connectivity index (χ4n) is 2.13. The zero-order valence-electron chi connectivity index (χ0n) is 8.11. The lowest BCUT2D eigenvalue weighted by Crippen LogP contribution is -2.03. The monoisotopic (exact) mass is 180 g/mol. The maximum absolute atomic E-state index is 2.37. The van der Waals surface area contributed by atoms with Crippen LogP contribution in [0.1, 0.15) is 46.6 Å². The van der Waals surface area contributed by atoms with Crippen LogP contribution in [-0.2, 0) is 6.42 Å². The highest BCUT2D eigenvalue weighted by atomic mass is 32.1. The predicted octanol–water partition coefficient (Wildman–Crippen LogP) is 3.80. The molecule has 12 heavy (non-hydrogen) atoms. The lowest BCUT2D eigenvalue weighted by Gasteiger charge is -2.18. The van der Waals surface area contributed by atoms with Gasteiger partial charge in [0.1, 0.15) is 0 Å². The van der Waals surface area contributed by atoms with Gasteiger partial charge in [-0.1, -0.05) is 6.92 Å². The largest absolute Gasteiger partial charge is 0.145 e. The zero-order valence-corrected chi connectivity index (χ0v) is 8.92. The van der Waals surface area contributed by atoms with Crippen LogP contribution in [-0.4, -0.2) is 0 Å². The van der Waals surface area contributed by atoms with Gasteiger partial charge in [0.2, 0.25) is 0 Å². The molecule has 1 atom stereocenters. The van der Waals surface area contributed by atoms with Gasteiger partial charge in [0.05, 0.1) is 0 Å². The lowest BCUT2D eigenvalue weighted by atomic mass is 9.89. The molecule has 0 amide bonds. The minimum atomic E-state index is 0.825. The van der Waals surface area contributed by atoms with Crippen LogP contribution in [0.15, 0.2) is 0 Å². The molecule has 0 spiro atoms. The summed E-state index contributed by atoms with van der Waals surface area (Å²) in [5.41, 5.74) is 3.25. The third-order valence-electron chi connectivity index (χ3n) is 3.05. The summed E-state index contributed by atoms with van der Waals surface area (Å²) in [6.45, 7) is 6.90. The molecule has 0 aromatic carbocycles. The van der Waals surface area contributed by atoms with Crippen molar-refractivity contribution in [1.29, 1.82) is 0 Å². The molecule has 0 radical (unpaired) electrons. The van der Waals surface area contributed by atoms with Crippen molar-refractivity contribution in [1.82, 2.24) is 0 Å². The molecule has 2 rings (SSSR count). The van der Waals surface area contributed by atoms with Crippen LogP contribution >= 0.6 is 11.3 Å². The first kappa shape index (κ1) is 8.31. The number of fused-ring (bicyclic) bond motifs is 1. The van der Waals surface area contributed by atoms with Crippen LogP contribution in [0.5, 0.6) is 0 Å². The standard InChI is InChI=1S/C11H16S/c1-7-5-4-6-10-8(2)9(3)12-11(7)10/h7H,4-6H2,1-3H3. The van der Waals surface area contributed by atoms with Crippen LogP contribution in [0, 0.1) is 13.8 Å². The summed E-state index contributed by atoms with van der Waals surface area (Å²) in [4.78, 5) is 3.21. The number of aryl methyl sites for hydroxylation is 1. The quantitative estimate of drug-likeness (QED) is 0.569. The number of rotatable bonds is 0. The molecule has 0 aliphatic heterocycles. The Labute approximate surface area is 78.6 Å². The molecule has 1 unspecified atom stereocenters. The van der Waals surface area contributed by atoms with Gasteiger partial charge >= 0.3 is 0 Å². The van der Waals surface area contributed by atoms with Crippen LogP contribution in [0.25, 0.3) is 0 Å². The summed E-state index contributed by atoms with van der Waals surface area (Å²) < 4.78 is 0. The van der Waals surface area contributed by atoms with Gasteiger partial charge in [-0.25, -0.2) is 0 Å². The first-order valence-corrected chi connectivity index (χ1v) is 5.60. The van der Waals surface area contributed by atoms with Crippen LogP contribution in [0.3, 0.4) is 0 Å². The molecule has 0 saturated heterocycles. The molecule has 1 aliphatic carbocycles. The molecule has 1 heterocycles. The zero-order chi connectivity index (χ0) is 8.72. The lowest BCUT2D eigenvalue weighted by molar-refractivity contribution is 0.600. The maximum Gasteiger partial charge on any atom is 0.0111 e. The van der Waals surface area contributed by atoms with Gasteiger partial charge in [0.15, 0.2) is 0 Å². The first-order valence-electron chi connectivity index (χ1n) is 4.79. The highest BCUT2D eigenvalue weighted by molar-refractivity contribution is 7.12. The Bertz CT molecular complexity index is 296. The Balaban J connectivity index is 2.52. The van der Waals surface area contributed by atoms with E-state index < -0.39 is 0 Å². The minimum Gasteiger partial charge on any atom is -0.145 e. The van der Waals surface area contributed by atoms with E-state index in [1.807, 2.05) is 11.3 Å². The van der Waals surface area contributed by atoms with E-state index in [1.54, 1.807) is 16.0 Å². The fourth-order valence-corrected chi connectivity index (χ4v) is 3.43. The summed E-state index contributed by atoms with van der Waals surface area (Å²) in [7, 11) is 0. The van der Waals surface area contributed by atoms with Crippen molar-refractivity contribution >= 4 is 11.3 Å². The molecule has 1 aromatic rings. The van der Waals surface area contributed by atoms with Gasteiger partial charge in [-0.3, -0.25) is 0 Å². The Morgan fingerprint density at radius 1 is 1.33 bits per heavy atom. The van der Waals surface area contributed by atoms with Crippen molar-refractivity contribution in [3.63, 3.8) is 0 Å². The van der Waals surface area contributed by atoms with Crippen molar-refractivity contribution in [2.75, 3.05) is 0 Å². The Hall–Kier alpha value is -0.300. The van der Waals surface area contributed by atoms with Gasteiger partial charge in [-0.15, -0.1) is 11.3 Å². The van der Waals surface area contributed by atoms with Crippen LogP contribution in [0.2, 0.25) is 0 Å². The highest BCUT2D eigenvalue weighted by Gasteiger charge is 2.21. The molecular formula is C11H16S. The normalized spacial score (nSPS) is 22.4. The van der Waals surface area contributed by atoms with Gasteiger partial charge in [0.25, 0.3) is 0 Å². The summed E-state index contributed by atoms with van der Waals surface area (Å²) in [6, 6.07) is 0. The molecule has 66 valence electrons. The number of hydrogen-bond donors (Lipinski definition) is 0. The SMILES string of the molecule is Cc1sc2c(c1C)CCCC2C. The van der Waals surface area contributed by atoms with Gasteiger partial charge < -0.3 is 0 Å². The van der Waals surface area contributed by atoms with E-state index in [9.17, 15) is 0 Å². The third-order valence-corrected chi connectivity index (χ3v) is 4.53. The highest BCUT2D eigenvalue weighted by Crippen LogP contribution is 2.39. The number of thiophene rings is 1. The molecule has 0 nitrogen and oxygen atoms in total. The summed E-state index contributed by atoms with van der Waals surface area (Å²) in [5.74, 6) is 0.825. The minimum absolute atomic E-state index is 0.825. The molecule has 0 saturated carbocycles. The van der Waals surface area contributed by atoms with E-state index in [-0.39, 0.29) is 0 Å². The van der Waals surface area contributed by atoms with E-state index in [2.05, 4.69) is 20.8 Å². The average molecular weight is 180 g/mol. The van der Waals surface area contributed by atoms with Gasteiger partial charge in [-0.05, 0) is 50.2 Å². The van der Waals surface area contributed by atoms with E-state index >= 15 is 0 Å². The molecule has 0 N–H and O–H groups in total. The second-order valence-corrected chi connectivity index (χ2v) is 5.18. The molecule has 1 aromatic heterocycles. The third kappa shape index (κ3) is 1.11. The molecule has 0 fully saturated rings. The molecule has 0 bridgehead atoms. The van der Waals surface area contributed by atoms with Gasteiger partial charge in [0, 0.05) is 9.75 Å². The van der Waals surface area contributed by atoms with Gasteiger partial charge in [-0.2, -0.15) is 0 Å². The van der Waals surface area contributed by atoms with Crippen molar-refractivity contribution in [2.24, 2.45) is 0 Å². The molecule has 1 heteroatoms. The maximum atomic E-state index is 2.37. The Kier molecular flexibility index (Phi) is 1.99. The average Bonchev–Trinajstić information content (AvgIpc) is 2.32. The summed E-state index contributed by atoms with van der Waals surface area (Å²) in [5, 5.41) is 0.